The summed E-state index contributed by atoms with van der Waals surface area (Å²) in [5.74, 6) is 2.37. The maximum atomic E-state index is 4.54. The fourth-order valence-electron chi connectivity index (χ4n) is 3.30. The molecule has 2 aromatic rings. The van der Waals surface area contributed by atoms with E-state index >= 15 is 0 Å². The van der Waals surface area contributed by atoms with E-state index in [2.05, 4.69) is 39.0 Å². The van der Waals surface area contributed by atoms with Gasteiger partial charge in [-0.1, -0.05) is 0 Å². The third kappa shape index (κ3) is 4.29. The molecule has 1 saturated heterocycles. The van der Waals surface area contributed by atoms with Gasteiger partial charge >= 0.3 is 0 Å². The van der Waals surface area contributed by atoms with Crippen LogP contribution in [-0.4, -0.2) is 45.5 Å². The number of pyridine rings is 1. The van der Waals surface area contributed by atoms with Crippen LogP contribution in [0.3, 0.4) is 0 Å². The Morgan fingerprint density at radius 2 is 2.21 bits per heavy atom. The van der Waals surface area contributed by atoms with Gasteiger partial charge in [0.05, 0.1) is 5.69 Å². The Morgan fingerprint density at radius 1 is 1.33 bits per heavy atom. The summed E-state index contributed by atoms with van der Waals surface area (Å²) >= 11 is 0. The molecule has 2 aromatic heterocycles. The number of piperidine rings is 1. The van der Waals surface area contributed by atoms with E-state index in [4.69, 9.17) is 0 Å². The van der Waals surface area contributed by atoms with Crippen LogP contribution in [0.1, 0.15) is 32.5 Å². The highest BCUT2D eigenvalue weighted by Crippen LogP contribution is 2.21. The molecule has 1 fully saturated rings. The first-order valence-electron chi connectivity index (χ1n) is 8.86. The van der Waals surface area contributed by atoms with Crippen LogP contribution in [0.4, 0.5) is 5.82 Å². The second kappa shape index (κ2) is 7.71. The summed E-state index contributed by atoms with van der Waals surface area (Å²) in [4.78, 5) is 15.8. The lowest BCUT2D eigenvalue weighted by Crippen LogP contribution is -2.41. The molecule has 0 spiro atoms. The van der Waals surface area contributed by atoms with Crippen molar-refractivity contribution in [1.29, 1.82) is 0 Å². The molecule has 0 amide bonds. The molecule has 5 nitrogen and oxygen atoms in total. The fraction of sp³-hybridized carbons (Fsp3) is 0.526. The monoisotopic (exact) mass is 325 g/mol. The molecule has 0 saturated carbocycles. The average molecular weight is 325 g/mol. The number of hydrogen-bond acceptors (Lipinski definition) is 5. The number of anilines is 1. The van der Waals surface area contributed by atoms with Crippen molar-refractivity contribution in [3.63, 3.8) is 0 Å². The number of rotatable bonds is 5. The zero-order valence-corrected chi connectivity index (χ0v) is 14.9. The molecule has 5 heteroatoms. The van der Waals surface area contributed by atoms with Crippen LogP contribution in [0.5, 0.6) is 0 Å². The Labute approximate surface area is 144 Å². The Bertz CT molecular complexity index is 656. The van der Waals surface area contributed by atoms with Gasteiger partial charge in [0.25, 0.3) is 0 Å². The topological polar surface area (TPSA) is 53.9 Å². The number of nitrogens with zero attached hydrogens (tertiary/aromatic N) is 4. The van der Waals surface area contributed by atoms with E-state index in [0.29, 0.717) is 12.0 Å². The van der Waals surface area contributed by atoms with Crippen LogP contribution in [0, 0.1) is 12.8 Å². The van der Waals surface area contributed by atoms with Crippen molar-refractivity contribution in [2.24, 2.45) is 5.92 Å². The predicted octanol–water partition coefficient (Wildman–Crippen LogP) is 3.38. The van der Waals surface area contributed by atoms with Gasteiger partial charge in [-0.2, -0.15) is 0 Å². The minimum atomic E-state index is 0.631. The van der Waals surface area contributed by atoms with Gasteiger partial charge in [-0.25, -0.2) is 9.97 Å². The summed E-state index contributed by atoms with van der Waals surface area (Å²) in [7, 11) is 0. The van der Waals surface area contributed by atoms with E-state index in [-0.39, 0.29) is 0 Å². The first kappa shape index (κ1) is 16.8. The second-order valence-corrected chi connectivity index (χ2v) is 6.91. The van der Waals surface area contributed by atoms with Crippen molar-refractivity contribution in [2.75, 3.05) is 25.0 Å². The molecule has 24 heavy (non-hydrogen) atoms. The molecule has 1 aliphatic heterocycles. The lowest BCUT2D eigenvalue weighted by Gasteiger charge is -2.35. The van der Waals surface area contributed by atoms with E-state index in [1.165, 1.54) is 25.9 Å². The van der Waals surface area contributed by atoms with Gasteiger partial charge in [0.15, 0.2) is 0 Å². The summed E-state index contributed by atoms with van der Waals surface area (Å²) in [5.41, 5.74) is 1.94. The Kier molecular flexibility index (Phi) is 5.41. The molecule has 0 aliphatic carbocycles. The normalized spacial score (nSPS) is 18.8. The molecule has 1 atom stereocenters. The van der Waals surface area contributed by atoms with Crippen LogP contribution >= 0.6 is 0 Å². The van der Waals surface area contributed by atoms with E-state index in [9.17, 15) is 0 Å². The number of likely N-dealkylation sites (tertiary alicyclic amines) is 1. The number of aryl methyl sites for hydroxylation is 1. The van der Waals surface area contributed by atoms with Crippen molar-refractivity contribution >= 4 is 5.82 Å². The van der Waals surface area contributed by atoms with Crippen molar-refractivity contribution in [3.8, 4) is 11.3 Å². The smallest absolute Gasteiger partial charge is 0.130 e. The van der Waals surface area contributed by atoms with Gasteiger partial charge in [0, 0.05) is 43.2 Å². The van der Waals surface area contributed by atoms with Gasteiger partial charge in [-0.15, -0.1) is 0 Å². The van der Waals surface area contributed by atoms with E-state index in [1.54, 1.807) is 6.20 Å². The predicted molar refractivity (Wildman–Crippen MR) is 97.9 cm³/mol. The lowest BCUT2D eigenvalue weighted by molar-refractivity contribution is 0.145. The highest BCUT2D eigenvalue weighted by Gasteiger charge is 2.21. The van der Waals surface area contributed by atoms with Gasteiger partial charge < -0.3 is 10.2 Å². The SMILES string of the molecule is Cc1nc(NCC2CCCN(C(C)C)C2)cc(-c2cccnc2)n1. The molecule has 0 aromatic carbocycles. The fourth-order valence-corrected chi connectivity index (χ4v) is 3.30. The Hall–Kier alpha value is -2.01. The summed E-state index contributed by atoms with van der Waals surface area (Å²) in [6, 6.07) is 6.61. The molecule has 3 rings (SSSR count). The van der Waals surface area contributed by atoms with Gasteiger partial charge in [-0.05, 0) is 58.2 Å². The summed E-state index contributed by atoms with van der Waals surface area (Å²) in [6.45, 7) is 9.86. The molecule has 0 bridgehead atoms. The van der Waals surface area contributed by atoms with E-state index < -0.39 is 0 Å². The summed E-state index contributed by atoms with van der Waals surface area (Å²) in [6.07, 6.45) is 6.19. The molecule has 128 valence electrons. The van der Waals surface area contributed by atoms with Crippen molar-refractivity contribution < 1.29 is 0 Å². The van der Waals surface area contributed by atoms with Gasteiger partial charge in [0.2, 0.25) is 0 Å². The molecular formula is C19H27N5. The molecular weight excluding hydrogens is 298 g/mol. The van der Waals surface area contributed by atoms with Crippen LogP contribution in [0.15, 0.2) is 30.6 Å². The van der Waals surface area contributed by atoms with Crippen LogP contribution in [-0.2, 0) is 0 Å². The zero-order chi connectivity index (χ0) is 16.9. The molecule has 1 unspecified atom stereocenters. The third-order valence-electron chi connectivity index (χ3n) is 4.65. The van der Waals surface area contributed by atoms with Crippen LogP contribution < -0.4 is 5.32 Å². The average Bonchev–Trinajstić information content (AvgIpc) is 2.60. The number of aromatic nitrogens is 3. The molecule has 0 radical (unpaired) electrons. The van der Waals surface area contributed by atoms with Crippen molar-refractivity contribution in [3.05, 3.63) is 36.4 Å². The van der Waals surface area contributed by atoms with E-state index in [0.717, 1.165) is 29.4 Å². The molecule has 3 heterocycles. The highest BCUT2D eigenvalue weighted by atomic mass is 15.2. The van der Waals surface area contributed by atoms with Crippen LogP contribution in [0.2, 0.25) is 0 Å². The second-order valence-electron chi connectivity index (χ2n) is 6.91. The van der Waals surface area contributed by atoms with Gasteiger partial charge in [-0.3, -0.25) is 4.98 Å². The maximum absolute atomic E-state index is 4.54. The molecule has 1 aliphatic rings. The van der Waals surface area contributed by atoms with Gasteiger partial charge in [0.1, 0.15) is 11.6 Å². The first-order valence-corrected chi connectivity index (χ1v) is 8.86. The first-order chi connectivity index (χ1) is 11.6. The summed E-state index contributed by atoms with van der Waals surface area (Å²) < 4.78 is 0. The minimum absolute atomic E-state index is 0.631. The Balaban J connectivity index is 1.66. The largest absolute Gasteiger partial charge is 0.370 e. The van der Waals surface area contributed by atoms with Crippen molar-refractivity contribution in [2.45, 2.75) is 39.7 Å². The zero-order valence-electron chi connectivity index (χ0n) is 14.9. The minimum Gasteiger partial charge on any atom is -0.370 e. The maximum Gasteiger partial charge on any atom is 0.130 e. The number of nitrogens with one attached hydrogen (secondary N) is 1. The summed E-state index contributed by atoms with van der Waals surface area (Å²) in [5, 5.41) is 3.53. The standard InChI is InChI=1S/C19H27N5/c1-14(2)24-9-5-6-16(13-24)11-21-19-10-18(22-15(3)23-19)17-7-4-8-20-12-17/h4,7-8,10,12,14,16H,5-6,9,11,13H2,1-3H3,(H,21,22,23). The highest BCUT2D eigenvalue weighted by molar-refractivity contribution is 5.61. The quantitative estimate of drug-likeness (QED) is 0.913. The van der Waals surface area contributed by atoms with Crippen molar-refractivity contribution in [1.82, 2.24) is 19.9 Å². The molecule has 1 N–H and O–H groups in total. The van der Waals surface area contributed by atoms with Crippen LogP contribution in [0.25, 0.3) is 11.3 Å². The lowest BCUT2D eigenvalue weighted by atomic mass is 9.97. The third-order valence-corrected chi connectivity index (χ3v) is 4.65. The van der Waals surface area contributed by atoms with E-state index in [1.807, 2.05) is 31.3 Å². The number of hydrogen-bond donors (Lipinski definition) is 1. The Morgan fingerprint density at radius 3 is 2.96 bits per heavy atom.